The molecule has 0 unspecified atom stereocenters. The largest absolute Gasteiger partial charge is 0.342 e. The normalized spacial score (nSPS) is 17.4. The van der Waals surface area contributed by atoms with Gasteiger partial charge in [-0.1, -0.05) is 0 Å². The maximum Gasteiger partial charge on any atom is 0.238 e. The maximum atomic E-state index is 12.7. The summed E-state index contributed by atoms with van der Waals surface area (Å²) in [6.45, 7) is 1.62. The summed E-state index contributed by atoms with van der Waals surface area (Å²) in [5.74, 6) is -0.371. The molecule has 12 heteroatoms. The van der Waals surface area contributed by atoms with Crippen LogP contribution in [0, 0.1) is 5.92 Å². The SMILES string of the molecule is NS(=O)(=O)c1ccc(NC(=O)C2CCN(C(=O)Cc3csc(N4CCCC4=O)n3)CC2)cc1. The number of primary sulfonamides is 1. The van der Waals surface area contributed by atoms with Gasteiger partial charge in [-0.25, -0.2) is 18.5 Å². The zero-order chi connectivity index (χ0) is 23.6. The van der Waals surface area contributed by atoms with E-state index in [4.69, 9.17) is 5.14 Å². The molecule has 3 N–H and O–H groups in total. The number of amides is 3. The highest BCUT2D eigenvalue weighted by atomic mass is 32.2. The second kappa shape index (κ2) is 9.57. The van der Waals surface area contributed by atoms with E-state index < -0.39 is 10.0 Å². The standard InChI is InChI=1S/C21H25N5O5S2/c22-33(30,31)17-5-3-15(4-6-17)23-20(29)14-7-10-25(11-8-14)19(28)12-16-13-32-21(24-16)26-9-1-2-18(26)27/h3-6,13-14H,1-2,7-12H2,(H,23,29)(H2,22,30,31). The zero-order valence-electron chi connectivity index (χ0n) is 17.9. The molecule has 2 aliphatic rings. The van der Waals surface area contributed by atoms with E-state index in [1.54, 1.807) is 9.80 Å². The van der Waals surface area contributed by atoms with Crippen molar-refractivity contribution < 1.29 is 22.8 Å². The molecule has 3 heterocycles. The second-order valence-corrected chi connectivity index (χ2v) is 10.6. The van der Waals surface area contributed by atoms with Crippen LogP contribution in [0.25, 0.3) is 0 Å². The molecule has 33 heavy (non-hydrogen) atoms. The van der Waals surface area contributed by atoms with Crippen molar-refractivity contribution in [2.24, 2.45) is 11.1 Å². The number of nitrogens with one attached hydrogen (secondary N) is 1. The van der Waals surface area contributed by atoms with E-state index in [2.05, 4.69) is 10.3 Å². The van der Waals surface area contributed by atoms with Crippen LogP contribution in [-0.4, -0.2) is 55.7 Å². The molecule has 0 aliphatic carbocycles. The topological polar surface area (TPSA) is 143 Å². The maximum absolute atomic E-state index is 12.7. The van der Waals surface area contributed by atoms with Crippen LogP contribution < -0.4 is 15.4 Å². The van der Waals surface area contributed by atoms with E-state index in [9.17, 15) is 22.8 Å². The number of carbonyl (C=O) groups excluding carboxylic acids is 3. The molecule has 0 bridgehead atoms. The number of piperidine rings is 1. The lowest BCUT2D eigenvalue weighted by molar-refractivity contribution is -0.133. The van der Waals surface area contributed by atoms with Crippen LogP contribution in [-0.2, 0) is 30.8 Å². The Hall–Kier alpha value is -2.83. The third-order valence-corrected chi connectivity index (χ3v) is 7.69. The van der Waals surface area contributed by atoms with Crippen LogP contribution in [0.2, 0.25) is 0 Å². The van der Waals surface area contributed by atoms with Gasteiger partial charge in [-0.2, -0.15) is 0 Å². The van der Waals surface area contributed by atoms with Crippen molar-refractivity contribution in [3.63, 3.8) is 0 Å². The van der Waals surface area contributed by atoms with Crippen molar-refractivity contribution in [1.29, 1.82) is 0 Å². The Bertz CT molecular complexity index is 1150. The summed E-state index contributed by atoms with van der Waals surface area (Å²) in [6, 6.07) is 5.67. The summed E-state index contributed by atoms with van der Waals surface area (Å²) in [4.78, 5) is 45.0. The lowest BCUT2D eigenvalue weighted by Gasteiger charge is -2.31. The first-order chi connectivity index (χ1) is 15.7. The summed E-state index contributed by atoms with van der Waals surface area (Å²) in [5, 5.41) is 10.3. The van der Waals surface area contributed by atoms with Gasteiger partial charge in [0.1, 0.15) is 0 Å². The Morgan fingerprint density at radius 2 is 1.85 bits per heavy atom. The van der Waals surface area contributed by atoms with Gasteiger partial charge in [-0.15, -0.1) is 11.3 Å². The average molecular weight is 492 g/mol. The Morgan fingerprint density at radius 1 is 1.15 bits per heavy atom. The Morgan fingerprint density at radius 3 is 2.45 bits per heavy atom. The molecule has 2 aliphatic heterocycles. The summed E-state index contributed by atoms with van der Waals surface area (Å²) in [6.07, 6.45) is 2.62. The monoisotopic (exact) mass is 491 g/mol. The molecule has 0 saturated carbocycles. The molecular weight excluding hydrogens is 466 g/mol. The molecular formula is C21H25N5O5S2. The van der Waals surface area contributed by atoms with E-state index in [1.807, 2.05) is 5.38 Å². The molecule has 0 atom stereocenters. The minimum atomic E-state index is -3.78. The van der Waals surface area contributed by atoms with E-state index in [0.29, 0.717) is 55.4 Å². The number of likely N-dealkylation sites (tertiary alicyclic amines) is 1. The lowest BCUT2D eigenvalue weighted by Crippen LogP contribution is -2.42. The van der Waals surface area contributed by atoms with Gasteiger partial charge >= 0.3 is 0 Å². The van der Waals surface area contributed by atoms with E-state index in [0.717, 1.165) is 6.42 Å². The first-order valence-electron chi connectivity index (χ1n) is 10.7. The quantitative estimate of drug-likeness (QED) is 0.624. The van der Waals surface area contributed by atoms with Gasteiger partial charge in [-0.05, 0) is 43.5 Å². The minimum Gasteiger partial charge on any atom is -0.342 e. The Kier molecular flexibility index (Phi) is 6.77. The first kappa shape index (κ1) is 23.3. The van der Waals surface area contributed by atoms with Crippen LogP contribution in [0.3, 0.4) is 0 Å². The molecule has 0 spiro atoms. The molecule has 10 nitrogen and oxygen atoms in total. The number of hydrogen-bond donors (Lipinski definition) is 2. The second-order valence-electron chi connectivity index (χ2n) is 8.16. The van der Waals surface area contributed by atoms with Crippen LogP contribution in [0.4, 0.5) is 10.8 Å². The van der Waals surface area contributed by atoms with Crippen molar-refractivity contribution in [3.8, 4) is 0 Å². The van der Waals surface area contributed by atoms with Crippen molar-refractivity contribution in [3.05, 3.63) is 35.3 Å². The van der Waals surface area contributed by atoms with Gasteiger partial charge in [0.2, 0.25) is 27.7 Å². The minimum absolute atomic E-state index is 0.0217. The van der Waals surface area contributed by atoms with Gasteiger partial charge in [0.15, 0.2) is 5.13 Å². The molecule has 4 rings (SSSR count). The summed E-state index contributed by atoms with van der Waals surface area (Å²) in [5.41, 5.74) is 1.14. The number of sulfonamides is 1. The summed E-state index contributed by atoms with van der Waals surface area (Å²) in [7, 11) is -3.78. The lowest BCUT2D eigenvalue weighted by atomic mass is 9.95. The number of aromatic nitrogens is 1. The van der Waals surface area contributed by atoms with Gasteiger partial charge < -0.3 is 10.2 Å². The van der Waals surface area contributed by atoms with Gasteiger partial charge in [0.05, 0.1) is 17.0 Å². The molecule has 2 saturated heterocycles. The van der Waals surface area contributed by atoms with E-state index in [-0.39, 0.29) is 35.0 Å². The molecule has 1 aromatic carbocycles. The molecule has 1 aromatic heterocycles. The highest BCUT2D eigenvalue weighted by molar-refractivity contribution is 7.89. The summed E-state index contributed by atoms with van der Waals surface area (Å²) < 4.78 is 22.7. The predicted octanol–water partition coefficient (Wildman–Crippen LogP) is 1.34. The van der Waals surface area contributed by atoms with Gasteiger partial charge in [0, 0.05) is 43.0 Å². The van der Waals surface area contributed by atoms with Crippen LogP contribution >= 0.6 is 11.3 Å². The molecule has 0 radical (unpaired) electrons. The fourth-order valence-corrected chi connectivity index (χ4v) is 5.37. The van der Waals surface area contributed by atoms with Crippen molar-refractivity contribution in [1.82, 2.24) is 9.88 Å². The number of carbonyl (C=O) groups is 3. The number of hydrogen-bond acceptors (Lipinski definition) is 7. The van der Waals surface area contributed by atoms with Gasteiger partial charge in [0.25, 0.3) is 0 Å². The number of benzene rings is 1. The fraction of sp³-hybridized carbons (Fsp3) is 0.429. The first-order valence-corrected chi connectivity index (χ1v) is 13.1. The molecule has 2 fully saturated rings. The highest BCUT2D eigenvalue weighted by Gasteiger charge is 2.29. The third-order valence-electron chi connectivity index (χ3n) is 5.85. The molecule has 3 amide bonds. The Labute approximate surface area is 195 Å². The third kappa shape index (κ3) is 5.57. The average Bonchev–Trinajstić information content (AvgIpc) is 3.42. The Balaban J connectivity index is 1.26. The van der Waals surface area contributed by atoms with Crippen LogP contribution in [0.1, 0.15) is 31.4 Å². The van der Waals surface area contributed by atoms with Crippen molar-refractivity contribution in [2.75, 3.05) is 29.9 Å². The smallest absolute Gasteiger partial charge is 0.238 e. The van der Waals surface area contributed by atoms with Gasteiger partial charge in [-0.3, -0.25) is 19.3 Å². The number of rotatable bonds is 6. The number of nitrogens with two attached hydrogens (primary N) is 1. The number of nitrogens with zero attached hydrogens (tertiary/aromatic N) is 3. The van der Waals surface area contributed by atoms with Crippen LogP contribution in [0.5, 0.6) is 0 Å². The van der Waals surface area contributed by atoms with Crippen LogP contribution in [0.15, 0.2) is 34.5 Å². The number of anilines is 2. The van der Waals surface area contributed by atoms with E-state index in [1.165, 1.54) is 35.6 Å². The van der Waals surface area contributed by atoms with E-state index >= 15 is 0 Å². The highest BCUT2D eigenvalue weighted by Crippen LogP contribution is 2.26. The predicted molar refractivity (Wildman–Crippen MR) is 123 cm³/mol. The van der Waals surface area contributed by atoms with Crippen molar-refractivity contribution >= 4 is 49.9 Å². The molecule has 176 valence electrons. The zero-order valence-corrected chi connectivity index (χ0v) is 19.5. The fourth-order valence-electron chi connectivity index (χ4n) is 3.98. The summed E-state index contributed by atoms with van der Waals surface area (Å²) >= 11 is 1.38. The molecule has 2 aromatic rings. The van der Waals surface area contributed by atoms with Crippen molar-refractivity contribution in [2.45, 2.75) is 37.0 Å². The number of thiazole rings is 1.